The van der Waals surface area contributed by atoms with E-state index in [0.29, 0.717) is 44.0 Å². The molecule has 0 radical (unpaired) electrons. The smallest absolute Gasteiger partial charge is 0.243 e. The molecule has 1 aliphatic rings. The first-order chi connectivity index (χ1) is 17.4. The molecule has 3 aromatic carbocycles. The van der Waals surface area contributed by atoms with E-state index in [2.05, 4.69) is 0 Å². The average Bonchev–Trinajstić information content (AvgIpc) is 2.93. The highest BCUT2D eigenvalue weighted by molar-refractivity contribution is 7.89. The quantitative estimate of drug-likeness (QED) is 0.430. The van der Waals surface area contributed by atoms with E-state index >= 15 is 0 Å². The molecule has 3 aromatic rings. The van der Waals surface area contributed by atoms with Crippen molar-refractivity contribution in [1.29, 1.82) is 0 Å². The predicted molar refractivity (Wildman–Crippen MR) is 138 cm³/mol. The van der Waals surface area contributed by atoms with Gasteiger partial charge in [-0.2, -0.15) is 4.31 Å². The van der Waals surface area contributed by atoms with Gasteiger partial charge in [0.15, 0.2) is 11.5 Å². The van der Waals surface area contributed by atoms with Gasteiger partial charge >= 0.3 is 0 Å². The van der Waals surface area contributed by atoms with Crippen molar-refractivity contribution < 1.29 is 22.7 Å². The highest BCUT2D eigenvalue weighted by Gasteiger charge is 2.35. The summed E-state index contributed by atoms with van der Waals surface area (Å²) < 4.78 is 38.9. The monoisotopic (exact) mass is 508 g/mol. The van der Waals surface area contributed by atoms with Gasteiger partial charge in [0.05, 0.1) is 25.0 Å². The van der Waals surface area contributed by atoms with Gasteiger partial charge in [-0.25, -0.2) is 8.42 Å². The van der Waals surface area contributed by atoms with Crippen LogP contribution in [-0.2, 0) is 27.9 Å². The molecule has 1 aliphatic heterocycles. The summed E-state index contributed by atoms with van der Waals surface area (Å²) in [6.07, 6.45) is 1.27. The van der Waals surface area contributed by atoms with E-state index in [9.17, 15) is 13.2 Å². The van der Waals surface area contributed by atoms with Crippen LogP contribution < -0.4 is 9.47 Å². The second-order valence-electron chi connectivity index (χ2n) is 8.88. The third-order valence-corrected chi connectivity index (χ3v) is 8.33. The molecule has 0 bridgehead atoms. The van der Waals surface area contributed by atoms with Crippen molar-refractivity contribution in [3.05, 3.63) is 90.0 Å². The fourth-order valence-electron chi connectivity index (χ4n) is 4.57. The molecule has 0 unspecified atom stereocenters. The highest BCUT2D eigenvalue weighted by atomic mass is 32.2. The van der Waals surface area contributed by atoms with Crippen LogP contribution in [0.1, 0.15) is 24.0 Å². The van der Waals surface area contributed by atoms with Gasteiger partial charge in [-0.3, -0.25) is 4.79 Å². The van der Waals surface area contributed by atoms with E-state index in [1.807, 2.05) is 65.6 Å². The Labute approximate surface area is 213 Å². The number of nitrogens with zero attached hydrogens (tertiary/aromatic N) is 2. The molecule has 1 amide bonds. The molecule has 1 fully saturated rings. The molecule has 0 aromatic heterocycles. The molecule has 0 N–H and O–H groups in total. The number of hydrogen-bond donors (Lipinski definition) is 0. The van der Waals surface area contributed by atoms with Crippen LogP contribution in [0, 0.1) is 5.92 Å². The van der Waals surface area contributed by atoms with Crippen LogP contribution in [0.5, 0.6) is 11.5 Å². The zero-order valence-electron chi connectivity index (χ0n) is 20.7. The lowest BCUT2D eigenvalue weighted by molar-refractivity contribution is -0.138. The van der Waals surface area contributed by atoms with Gasteiger partial charge in [-0.1, -0.05) is 60.7 Å². The van der Waals surface area contributed by atoms with E-state index < -0.39 is 15.9 Å². The number of ether oxygens (including phenoxy) is 2. The number of piperidine rings is 1. The van der Waals surface area contributed by atoms with Gasteiger partial charge in [0.25, 0.3) is 0 Å². The number of carbonyl (C=O) groups is 1. The lowest BCUT2D eigenvalue weighted by Gasteiger charge is -2.34. The number of amides is 1. The first-order valence-electron chi connectivity index (χ1n) is 12.0. The zero-order chi connectivity index (χ0) is 25.5. The number of benzene rings is 3. The summed E-state index contributed by atoms with van der Waals surface area (Å²) in [6, 6.07) is 24.3. The Bertz CT molecular complexity index is 1220. The van der Waals surface area contributed by atoms with Crippen molar-refractivity contribution in [2.24, 2.45) is 5.92 Å². The molecular formula is C28H32N2O5S. The van der Waals surface area contributed by atoms with Gasteiger partial charge < -0.3 is 14.4 Å². The largest absolute Gasteiger partial charge is 0.493 e. The van der Waals surface area contributed by atoms with Gasteiger partial charge in [-0.15, -0.1) is 0 Å². The molecule has 0 aliphatic carbocycles. The molecule has 4 rings (SSSR count). The summed E-state index contributed by atoms with van der Waals surface area (Å²) >= 11 is 0. The number of rotatable bonds is 9. The Morgan fingerprint density at radius 3 is 2.03 bits per heavy atom. The van der Waals surface area contributed by atoms with E-state index in [1.54, 1.807) is 6.07 Å². The Morgan fingerprint density at radius 1 is 0.889 bits per heavy atom. The van der Waals surface area contributed by atoms with Crippen molar-refractivity contribution in [2.75, 3.05) is 27.3 Å². The van der Waals surface area contributed by atoms with Crippen LogP contribution >= 0.6 is 0 Å². The predicted octanol–water partition coefficient (Wildman–Crippen LogP) is 4.33. The molecule has 8 heteroatoms. The minimum absolute atomic E-state index is 0.0325. The van der Waals surface area contributed by atoms with E-state index in [-0.39, 0.29) is 17.3 Å². The second kappa shape index (κ2) is 11.6. The number of methoxy groups -OCH3 is 2. The molecule has 1 saturated heterocycles. The third kappa shape index (κ3) is 5.88. The Morgan fingerprint density at radius 2 is 1.47 bits per heavy atom. The first kappa shape index (κ1) is 25.7. The van der Waals surface area contributed by atoms with Crippen LogP contribution in [0.25, 0.3) is 0 Å². The van der Waals surface area contributed by atoms with Gasteiger partial charge in [0.2, 0.25) is 15.9 Å². The minimum Gasteiger partial charge on any atom is -0.493 e. The molecule has 0 saturated carbocycles. The van der Waals surface area contributed by atoms with Gasteiger partial charge in [-0.05, 0) is 36.1 Å². The van der Waals surface area contributed by atoms with Crippen LogP contribution in [0.4, 0.5) is 0 Å². The molecule has 0 spiro atoms. The maximum atomic E-state index is 13.8. The minimum atomic E-state index is -3.80. The Balaban J connectivity index is 1.55. The second-order valence-corrected chi connectivity index (χ2v) is 10.8. The van der Waals surface area contributed by atoms with Crippen LogP contribution in [0.3, 0.4) is 0 Å². The SMILES string of the molecule is COc1ccc(S(=O)(=O)N2CCC[C@@H](C(=O)N(Cc3ccccc3)Cc3ccccc3)C2)cc1OC. The fraction of sp³-hybridized carbons (Fsp3) is 0.321. The lowest BCUT2D eigenvalue weighted by atomic mass is 9.97. The summed E-state index contributed by atoms with van der Waals surface area (Å²) in [5.74, 6) is 0.358. The molecule has 190 valence electrons. The Kier molecular flexibility index (Phi) is 8.28. The molecule has 7 nitrogen and oxygen atoms in total. The standard InChI is InChI=1S/C28H32N2O5S/c1-34-26-16-15-25(18-27(26)35-2)36(32,33)30-17-9-14-24(21-30)28(31)29(19-22-10-5-3-6-11-22)20-23-12-7-4-8-13-23/h3-8,10-13,15-16,18,24H,9,14,17,19-21H2,1-2H3/t24-/m1/s1. The molecule has 1 atom stereocenters. The van der Waals surface area contributed by atoms with Crippen molar-refractivity contribution in [3.63, 3.8) is 0 Å². The fourth-order valence-corrected chi connectivity index (χ4v) is 6.11. The highest BCUT2D eigenvalue weighted by Crippen LogP contribution is 2.32. The maximum absolute atomic E-state index is 13.8. The van der Waals surface area contributed by atoms with E-state index in [4.69, 9.17) is 9.47 Å². The van der Waals surface area contributed by atoms with Crippen molar-refractivity contribution in [1.82, 2.24) is 9.21 Å². The lowest BCUT2D eigenvalue weighted by Crippen LogP contribution is -2.46. The summed E-state index contributed by atoms with van der Waals surface area (Å²) in [5, 5.41) is 0. The van der Waals surface area contributed by atoms with Crippen LogP contribution in [0.15, 0.2) is 83.8 Å². The van der Waals surface area contributed by atoms with Crippen molar-refractivity contribution in [2.45, 2.75) is 30.8 Å². The van der Waals surface area contributed by atoms with Gasteiger partial charge in [0, 0.05) is 32.2 Å². The van der Waals surface area contributed by atoms with Crippen LogP contribution in [-0.4, -0.2) is 50.8 Å². The van der Waals surface area contributed by atoms with Crippen LogP contribution in [0.2, 0.25) is 0 Å². The zero-order valence-corrected chi connectivity index (χ0v) is 21.5. The van der Waals surface area contributed by atoms with E-state index in [0.717, 1.165) is 11.1 Å². The summed E-state index contributed by atoms with van der Waals surface area (Å²) in [4.78, 5) is 15.7. The topological polar surface area (TPSA) is 76.2 Å². The average molecular weight is 509 g/mol. The number of sulfonamides is 1. The first-order valence-corrected chi connectivity index (χ1v) is 13.4. The normalized spacial score (nSPS) is 16.3. The number of carbonyl (C=O) groups excluding carboxylic acids is 1. The maximum Gasteiger partial charge on any atom is 0.243 e. The summed E-state index contributed by atoms with van der Waals surface area (Å²) in [6.45, 7) is 1.45. The third-order valence-electron chi connectivity index (χ3n) is 6.47. The molecule has 36 heavy (non-hydrogen) atoms. The molecular weight excluding hydrogens is 476 g/mol. The Hall–Kier alpha value is -3.36. The summed E-state index contributed by atoms with van der Waals surface area (Å²) in [5.41, 5.74) is 2.07. The van der Waals surface area contributed by atoms with Crippen molar-refractivity contribution >= 4 is 15.9 Å². The van der Waals surface area contributed by atoms with Gasteiger partial charge in [0.1, 0.15) is 0 Å². The van der Waals surface area contributed by atoms with E-state index in [1.165, 1.54) is 30.7 Å². The summed E-state index contributed by atoms with van der Waals surface area (Å²) in [7, 11) is -0.829. The number of hydrogen-bond acceptors (Lipinski definition) is 5. The molecule has 1 heterocycles. The van der Waals surface area contributed by atoms with Crippen molar-refractivity contribution in [3.8, 4) is 11.5 Å².